The number of imidazole rings is 1. The van der Waals surface area contributed by atoms with Crippen molar-refractivity contribution >= 4 is 23.6 Å². The predicted molar refractivity (Wildman–Crippen MR) is 137 cm³/mol. The van der Waals surface area contributed by atoms with E-state index in [0.717, 1.165) is 29.8 Å². The minimum atomic E-state index is -0.321. The quantitative estimate of drug-likeness (QED) is 0.525. The van der Waals surface area contributed by atoms with Crippen LogP contribution in [-0.2, 0) is 9.31 Å². The molecule has 3 heterocycles. The average Bonchev–Trinajstić information content (AvgIpc) is 3.61. The molecule has 2 aliphatic heterocycles. The maximum atomic E-state index is 6.50. The fourth-order valence-corrected chi connectivity index (χ4v) is 6.76. The molecule has 2 bridgehead atoms. The molecule has 176 valence electrons. The Morgan fingerprint density at radius 2 is 1.71 bits per heavy atom. The van der Waals surface area contributed by atoms with Crippen LogP contribution in [0.3, 0.4) is 0 Å². The van der Waals surface area contributed by atoms with Gasteiger partial charge in [-0.25, -0.2) is 4.98 Å². The van der Waals surface area contributed by atoms with E-state index in [1.807, 2.05) is 0 Å². The van der Waals surface area contributed by atoms with E-state index < -0.39 is 0 Å². The van der Waals surface area contributed by atoms with Crippen molar-refractivity contribution in [3.63, 3.8) is 0 Å². The smallest absolute Gasteiger partial charge is 0.399 e. The Bertz CT molecular complexity index is 1270. The topological polar surface area (TPSA) is 59.2 Å². The fourth-order valence-electron chi connectivity index (χ4n) is 6.76. The molecule has 7 rings (SSSR count). The molecule has 34 heavy (non-hydrogen) atoms. The summed E-state index contributed by atoms with van der Waals surface area (Å²) in [7, 11) is -0.288. The lowest BCUT2D eigenvalue weighted by molar-refractivity contribution is 0.00578. The highest BCUT2D eigenvalue weighted by molar-refractivity contribution is 6.62. The van der Waals surface area contributed by atoms with Crippen LogP contribution in [0.1, 0.15) is 94.6 Å². The molecule has 2 N–H and O–H groups in total. The number of aromatic nitrogens is 2. The Kier molecular flexibility index (Phi) is 4.47. The van der Waals surface area contributed by atoms with Crippen molar-refractivity contribution < 1.29 is 9.31 Å². The number of hydrogen-bond acceptors (Lipinski definition) is 4. The van der Waals surface area contributed by atoms with Gasteiger partial charge in [0.1, 0.15) is 5.82 Å². The summed E-state index contributed by atoms with van der Waals surface area (Å²) in [6.07, 6.45) is 6.22. The van der Waals surface area contributed by atoms with E-state index in [-0.39, 0.29) is 18.3 Å². The lowest BCUT2D eigenvalue weighted by Gasteiger charge is -2.32. The summed E-state index contributed by atoms with van der Waals surface area (Å²) < 4.78 is 13.0. The first-order chi connectivity index (χ1) is 16.3. The third-order valence-electron chi connectivity index (χ3n) is 9.28. The number of benzene rings is 2. The number of H-pyrrole nitrogens is 1. The first-order valence-corrected chi connectivity index (χ1v) is 13.1. The molecule has 1 aromatic heterocycles. The van der Waals surface area contributed by atoms with Crippen LogP contribution in [0.25, 0.3) is 22.2 Å². The molecule has 6 heteroatoms. The number of rotatable bonds is 3. The third kappa shape index (κ3) is 3.01. The summed E-state index contributed by atoms with van der Waals surface area (Å²) in [5, 5.41) is 3.56. The van der Waals surface area contributed by atoms with E-state index in [4.69, 9.17) is 14.3 Å². The van der Waals surface area contributed by atoms with Gasteiger partial charge in [0.15, 0.2) is 0 Å². The van der Waals surface area contributed by atoms with Crippen LogP contribution in [0.15, 0.2) is 30.3 Å². The van der Waals surface area contributed by atoms with Crippen molar-refractivity contribution in [1.82, 2.24) is 15.3 Å². The zero-order valence-corrected chi connectivity index (χ0v) is 20.7. The molecule has 0 amide bonds. The third-order valence-corrected chi connectivity index (χ3v) is 9.28. The molecule has 2 aromatic carbocycles. The molecule has 2 saturated heterocycles. The van der Waals surface area contributed by atoms with E-state index in [1.165, 1.54) is 47.8 Å². The standard InChI is InChI=1S/C28H34BN3O2/c1-27(2)28(3,4)34-29(33-27)20-11-10-19(24-17-7-8-18(14-17)25(20)24)16-9-12-21-23(15-16)32-26(31-21)22-6-5-13-30-22/h9-12,15,17-18,22,30H,5-8,13-14H2,1-4H3,(H,31,32). The van der Waals surface area contributed by atoms with Crippen LogP contribution in [0, 0.1) is 0 Å². The molecule has 3 atom stereocenters. The van der Waals surface area contributed by atoms with Gasteiger partial charge in [0.2, 0.25) is 0 Å². The first-order valence-electron chi connectivity index (χ1n) is 13.1. The summed E-state index contributed by atoms with van der Waals surface area (Å²) in [6.45, 7) is 9.65. The molecular formula is C28H34BN3O2. The van der Waals surface area contributed by atoms with Gasteiger partial charge < -0.3 is 19.6 Å². The summed E-state index contributed by atoms with van der Waals surface area (Å²) >= 11 is 0. The van der Waals surface area contributed by atoms with Gasteiger partial charge in [-0.15, -0.1) is 0 Å². The van der Waals surface area contributed by atoms with Crippen LogP contribution in [-0.4, -0.2) is 34.8 Å². The van der Waals surface area contributed by atoms with Crippen molar-refractivity contribution in [3.8, 4) is 11.1 Å². The van der Waals surface area contributed by atoms with Gasteiger partial charge in [-0.05, 0) is 118 Å². The Hall–Kier alpha value is -2.15. The van der Waals surface area contributed by atoms with Gasteiger partial charge in [0.05, 0.1) is 28.3 Å². The van der Waals surface area contributed by atoms with Gasteiger partial charge in [-0.3, -0.25) is 0 Å². The molecule has 3 fully saturated rings. The molecule has 0 spiro atoms. The van der Waals surface area contributed by atoms with E-state index in [0.29, 0.717) is 17.9 Å². The van der Waals surface area contributed by atoms with Crippen molar-refractivity contribution in [1.29, 1.82) is 0 Å². The maximum absolute atomic E-state index is 6.50. The molecular weight excluding hydrogens is 421 g/mol. The van der Waals surface area contributed by atoms with Crippen molar-refractivity contribution in [2.24, 2.45) is 0 Å². The van der Waals surface area contributed by atoms with E-state index in [2.05, 4.69) is 68.3 Å². The fraction of sp³-hybridized carbons (Fsp3) is 0.536. The predicted octanol–water partition coefficient (Wildman–Crippen LogP) is 5.32. The second-order valence-electron chi connectivity index (χ2n) is 11.8. The normalized spacial score (nSPS) is 28.8. The molecule has 5 nitrogen and oxygen atoms in total. The SMILES string of the molecule is CC1(C)OB(c2ccc(-c3ccc4nc(C5CCCN5)[nH]c4c3)c3c2C2CCC3C2)OC1(C)C. The highest BCUT2D eigenvalue weighted by Crippen LogP contribution is 2.55. The summed E-state index contributed by atoms with van der Waals surface area (Å²) in [4.78, 5) is 8.49. The Labute approximate surface area is 202 Å². The van der Waals surface area contributed by atoms with Crippen molar-refractivity contribution in [3.05, 3.63) is 47.3 Å². The maximum Gasteiger partial charge on any atom is 0.495 e. The van der Waals surface area contributed by atoms with Crippen molar-refractivity contribution in [2.75, 3.05) is 6.54 Å². The van der Waals surface area contributed by atoms with Gasteiger partial charge in [-0.2, -0.15) is 0 Å². The van der Waals surface area contributed by atoms with Crippen molar-refractivity contribution in [2.45, 2.75) is 88.9 Å². The number of fused-ring (bicyclic) bond motifs is 6. The molecule has 3 aromatic rings. The largest absolute Gasteiger partial charge is 0.495 e. The first kappa shape index (κ1) is 21.2. The number of nitrogens with zero attached hydrogens (tertiary/aromatic N) is 1. The average molecular weight is 455 g/mol. The zero-order chi connectivity index (χ0) is 23.2. The lowest BCUT2D eigenvalue weighted by Crippen LogP contribution is -2.41. The Morgan fingerprint density at radius 3 is 2.44 bits per heavy atom. The van der Waals surface area contributed by atoms with Gasteiger partial charge >= 0.3 is 7.12 Å². The van der Waals surface area contributed by atoms with E-state index >= 15 is 0 Å². The van der Waals surface area contributed by atoms with Gasteiger partial charge in [0.25, 0.3) is 0 Å². The van der Waals surface area contributed by atoms with Crippen LogP contribution >= 0.6 is 0 Å². The molecule has 4 aliphatic rings. The van der Waals surface area contributed by atoms with Crippen LogP contribution < -0.4 is 10.8 Å². The second kappa shape index (κ2) is 7.19. The molecule has 0 radical (unpaired) electrons. The van der Waals surface area contributed by atoms with Gasteiger partial charge in [-0.1, -0.05) is 18.2 Å². The molecule has 2 aliphatic carbocycles. The van der Waals surface area contributed by atoms with Crippen LogP contribution in [0.2, 0.25) is 0 Å². The monoisotopic (exact) mass is 455 g/mol. The van der Waals surface area contributed by atoms with Gasteiger partial charge in [0, 0.05) is 0 Å². The highest BCUT2D eigenvalue weighted by atomic mass is 16.7. The summed E-state index contributed by atoms with van der Waals surface area (Å²) in [6, 6.07) is 11.7. The summed E-state index contributed by atoms with van der Waals surface area (Å²) in [5.41, 5.74) is 8.50. The zero-order valence-electron chi connectivity index (χ0n) is 20.7. The van der Waals surface area contributed by atoms with Crippen LogP contribution in [0.5, 0.6) is 0 Å². The number of nitrogens with one attached hydrogen (secondary N) is 2. The molecule has 1 saturated carbocycles. The Morgan fingerprint density at radius 1 is 0.941 bits per heavy atom. The van der Waals surface area contributed by atoms with E-state index in [1.54, 1.807) is 5.56 Å². The minimum Gasteiger partial charge on any atom is -0.399 e. The second-order valence-corrected chi connectivity index (χ2v) is 11.8. The van der Waals surface area contributed by atoms with Crippen LogP contribution in [0.4, 0.5) is 0 Å². The number of hydrogen-bond donors (Lipinski definition) is 2. The molecule has 3 unspecified atom stereocenters. The minimum absolute atomic E-state index is 0.288. The van der Waals surface area contributed by atoms with E-state index in [9.17, 15) is 0 Å². The summed E-state index contributed by atoms with van der Waals surface area (Å²) in [5.74, 6) is 2.35. The highest BCUT2D eigenvalue weighted by Gasteiger charge is 2.53. The lowest BCUT2D eigenvalue weighted by atomic mass is 9.70. The number of aromatic amines is 1. The Balaban J connectivity index is 1.31.